The summed E-state index contributed by atoms with van der Waals surface area (Å²) in [5, 5.41) is 10.8. The zero-order valence-corrected chi connectivity index (χ0v) is 21.6. The fraction of sp³-hybridized carbons (Fsp3) is 0.533. The minimum absolute atomic E-state index is 0.0513. The Bertz CT molecular complexity index is 1170. The SMILES string of the molecule is CO[C@@H]1C[C@@H]2CN(C(=O)c3ccc4c(c3)CCN(CC(O)CN3CCc5ccccc5C3)C4=O)C[C@@H]2C1. The summed E-state index contributed by atoms with van der Waals surface area (Å²) in [7, 11) is 1.78. The average molecular weight is 504 g/mol. The topological polar surface area (TPSA) is 73.3 Å². The maximum absolute atomic E-state index is 13.2. The van der Waals surface area contributed by atoms with E-state index in [0.717, 1.165) is 51.0 Å². The lowest BCUT2D eigenvalue weighted by atomic mass is 9.95. The molecule has 7 nitrogen and oxygen atoms in total. The first-order valence-electron chi connectivity index (χ1n) is 13.7. The smallest absolute Gasteiger partial charge is 0.254 e. The quantitative estimate of drug-likeness (QED) is 0.656. The standard InChI is InChI=1S/C30H37N3O4/c1-37-27-13-24-16-33(17-25(24)14-27)29(35)22-6-7-28-21(12-22)9-11-32(30(28)36)19-26(34)18-31-10-8-20-4-2-3-5-23(20)15-31/h2-7,12,24-27,34H,8-11,13-19H2,1H3/t24-,25+,26?,27-. The van der Waals surface area contributed by atoms with Gasteiger partial charge in [0, 0.05) is 64.0 Å². The number of carbonyl (C=O) groups excluding carboxylic acids is 2. The van der Waals surface area contributed by atoms with E-state index in [1.807, 2.05) is 17.0 Å². The molecule has 1 N–H and O–H groups in total. The van der Waals surface area contributed by atoms with Crippen LogP contribution in [0.4, 0.5) is 0 Å². The van der Waals surface area contributed by atoms with Crippen LogP contribution in [-0.4, -0.2) is 90.2 Å². The van der Waals surface area contributed by atoms with Crippen molar-refractivity contribution >= 4 is 11.8 Å². The third-order valence-corrected chi connectivity index (χ3v) is 8.96. The first kappa shape index (κ1) is 24.6. The van der Waals surface area contributed by atoms with Crippen LogP contribution >= 0.6 is 0 Å². The molecule has 2 amide bonds. The molecule has 0 bridgehead atoms. The molecule has 1 saturated heterocycles. The predicted molar refractivity (Wildman–Crippen MR) is 140 cm³/mol. The maximum atomic E-state index is 13.2. The van der Waals surface area contributed by atoms with Crippen molar-refractivity contribution in [3.05, 3.63) is 70.3 Å². The zero-order chi connectivity index (χ0) is 25.5. The number of ether oxygens (including phenoxy) is 1. The van der Waals surface area contributed by atoms with E-state index in [0.29, 0.717) is 55.1 Å². The van der Waals surface area contributed by atoms with Crippen molar-refractivity contribution in [3.8, 4) is 0 Å². The van der Waals surface area contributed by atoms with Crippen molar-refractivity contribution in [2.24, 2.45) is 11.8 Å². The molecule has 4 atom stereocenters. The summed E-state index contributed by atoms with van der Waals surface area (Å²) in [6.07, 6.45) is 3.51. The Labute approximate surface area is 219 Å². The summed E-state index contributed by atoms with van der Waals surface area (Å²) in [5.74, 6) is 1.09. The highest BCUT2D eigenvalue weighted by molar-refractivity contribution is 6.00. The van der Waals surface area contributed by atoms with E-state index in [2.05, 4.69) is 29.2 Å². The molecule has 196 valence electrons. The average Bonchev–Trinajstić information content (AvgIpc) is 3.49. The molecule has 3 heterocycles. The van der Waals surface area contributed by atoms with Crippen molar-refractivity contribution in [2.45, 2.75) is 44.4 Å². The second-order valence-electron chi connectivity index (χ2n) is 11.3. The number of β-amino-alcohol motifs (C(OH)–C–C–N with tert-alkyl or cyclic N) is 1. The van der Waals surface area contributed by atoms with Gasteiger partial charge >= 0.3 is 0 Å². The third-order valence-electron chi connectivity index (χ3n) is 8.96. The second-order valence-corrected chi connectivity index (χ2v) is 11.3. The van der Waals surface area contributed by atoms with Gasteiger partial charge in [0.25, 0.3) is 11.8 Å². The van der Waals surface area contributed by atoms with Crippen LogP contribution in [0.5, 0.6) is 0 Å². The highest BCUT2D eigenvalue weighted by Gasteiger charge is 2.42. The lowest BCUT2D eigenvalue weighted by Gasteiger charge is -2.34. The number of hydrogen-bond acceptors (Lipinski definition) is 5. The molecule has 37 heavy (non-hydrogen) atoms. The first-order chi connectivity index (χ1) is 18.0. The fourth-order valence-corrected chi connectivity index (χ4v) is 6.95. The Morgan fingerprint density at radius 3 is 2.49 bits per heavy atom. The van der Waals surface area contributed by atoms with E-state index in [1.54, 1.807) is 18.1 Å². The molecule has 4 aliphatic rings. The lowest BCUT2D eigenvalue weighted by Crippen LogP contribution is -2.46. The van der Waals surface area contributed by atoms with E-state index in [4.69, 9.17) is 4.74 Å². The number of aliphatic hydroxyl groups excluding tert-OH is 1. The summed E-state index contributed by atoms with van der Waals surface area (Å²) in [6.45, 7) is 4.81. The van der Waals surface area contributed by atoms with Crippen LogP contribution in [0, 0.1) is 11.8 Å². The van der Waals surface area contributed by atoms with Gasteiger partial charge in [0.05, 0.1) is 12.2 Å². The molecule has 6 rings (SSSR count). The largest absolute Gasteiger partial charge is 0.390 e. The van der Waals surface area contributed by atoms with Gasteiger partial charge in [-0.05, 0) is 72.4 Å². The van der Waals surface area contributed by atoms with E-state index in [-0.39, 0.29) is 11.8 Å². The molecule has 1 aliphatic carbocycles. The summed E-state index contributed by atoms with van der Waals surface area (Å²) in [5.41, 5.74) is 4.98. The van der Waals surface area contributed by atoms with Gasteiger partial charge in [-0.2, -0.15) is 0 Å². The minimum atomic E-state index is -0.594. The van der Waals surface area contributed by atoms with Gasteiger partial charge in [0.2, 0.25) is 0 Å². The van der Waals surface area contributed by atoms with Gasteiger partial charge in [-0.3, -0.25) is 14.5 Å². The summed E-state index contributed by atoms with van der Waals surface area (Å²) < 4.78 is 5.53. The molecular weight excluding hydrogens is 466 g/mol. The highest BCUT2D eigenvalue weighted by atomic mass is 16.5. The maximum Gasteiger partial charge on any atom is 0.254 e. The lowest BCUT2D eigenvalue weighted by molar-refractivity contribution is 0.0492. The number of aliphatic hydroxyl groups is 1. The van der Waals surface area contributed by atoms with Crippen molar-refractivity contribution in [2.75, 3.05) is 46.4 Å². The van der Waals surface area contributed by atoms with Crippen LogP contribution in [0.3, 0.4) is 0 Å². The van der Waals surface area contributed by atoms with Crippen LogP contribution in [0.15, 0.2) is 42.5 Å². The number of fused-ring (bicyclic) bond motifs is 3. The number of rotatable bonds is 6. The molecule has 3 aliphatic heterocycles. The van der Waals surface area contributed by atoms with E-state index >= 15 is 0 Å². The summed E-state index contributed by atoms with van der Waals surface area (Å²) in [6, 6.07) is 14.0. The molecule has 2 aromatic rings. The van der Waals surface area contributed by atoms with E-state index < -0.39 is 6.10 Å². The van der Waals surface area contributed by atoms with Gasteiger partial charge in [-0.15, -0.1) is 0 Å². The number of likely N-dealkylation sites (tertiary alicyclic amines) is 1. The Balaban J connectivity index is 1.05. The first-order valence-corrected chi connectivity index (χ1v) is 13.7. The molecule has 2 aromatic carbocycles. The number of methoxy groups -OCH3 is 1. The molecule has 0 aromatic heterocycles. The second kappa shape index (κ2) is 10.2. The summed E-state index contributed by atoms with van der Waals surface area (Å²) >= 11 is 0. The van der Waals surface area contributed by atoms with Gasteiger partial charge in [-0.1, -0.05) is 24.3 Å². The van der Waals surface area contributed by atoms with Crippen molar-refractivity contribution in [3.63, 3.8) is 0 Å². The predicted octanol–water partition coefficient (Wildman–Crippen LogP) is 2.60. The van der Waals surface area contributed by atoms with Crippen LogP contribution < -0.4 is 0 Å². The highest BCUT2D eigenvalue weighted by Crippen LogP contribution is 2.39. The monoisotopic (exact) mass is 503 g/mol. The number of carbonyl (C=O) groups is 2. The van der Waals surface area contributed by atoms with Crippen molar-refractivity contribution in [1.29, 1.82) is 0 Å². The Kier molecular flexibility index (Phi) is 6.78. The number of nitrogens with zero attached hydrogens (tertiary/aromatic N) is 3. The molecule has 1 saturated carbocycles. The molecular formula is C30H37N3O4. The fourth-order valence-electron chi connectivity index (χ4n) is 6.95. The molecule has 7 heteroatoms. The van der Waals surface area contributed by atoms with Crippen LogP contribution in [0.25, 0.3) is 0 Å². The number of hydrogen-bond donors (Lipinski definition) is 1. The van der Waals surface area contributed by atoms with E-state index in [9.17, 15) is 14.7 Å². The van der Waals surface area contributed by atoms with E-state index in [1.165, 1.54) is 11.1 Å². The summed E-state index contributed by atoms with van der Waals surface area (Å²) in [4.78, 5) is 32.5. The van der Waals surface area contributed by atoms with Crippen molar-refractivity contribution < 1.29 is 19.4 Å². The third kappa shape index (κ3) is 4.92. The van der Waals surface area contributed by atoms with Gasteiger partial charge in [0.15, 0.2) is 0 Å². The van der Waals surface area contributed by atoms with Crippen LogP contribution in [-0.2, 0) is 24.1 Å². The number of benzene rings is 2. The van der Waals surface area contributed by atoms with Gasteiger partial charge in [0.1, 0.15) is 0 Å². The zero-order valence-electron chi connectivity index (χ0n) is 21.6. The molecule has 0 radical (unpaired) electrons. The molecule has 0 spiro atoms. The van der Waals surface area contributed by atoms with Gasteiger partial charge < -0.3 is 19.6 Å². The number of amides is 2. The minimum Gasteiger partial charge on any atom is -0.390 e. The van der Waals surface area contributed by atoms with Crippen molar-refractivity contribution in [1.82, 2.24) is 14.7 Å². The van der Waals surface area contributed by atoms with Crippen LogP contribution in [0.2, 0.25) is 0 Å². The molecule has 2 fully saturated rings. The Morgan fingerprint density at radius 1 is 1.00 bits per heavy atom. The Morgan fingerprint density at radius 2 is 1.73 bits per heavy atom. The Hall–Kier alpha value is -2.74. The molecule has 1 unspecified atom stereocenters. The normalized spacial score (nSPS) is 26.1. The van der Waals surface area contributed by atoms with Crippen LogP contribution in [0.1, 0.15) is 50.2 Å². The van der Waals surface area contributed by atoms with Gasteiger partial charge in [-0.25, -0.2) is 0 Å².